The number of hydrogen-bond acceptors (Lipinski definition) is 6. The van der Waals surface area contributed by atoms with Crippen LogP contribution in [0.25, 0.3) is 5.65 Å². The molecule has 0 fully saturated rings. The molecule has 3 heterocycles. The summed E-state index contributed by atoms with van der Waals surface area (Å²) in [5.41, 5.74) is 2.44. The Balaban J connectivity index is 1.53. The number of ether oxygens (including phenoxy) is 1. The van der Waals surface area contributed by atoms with Crippen molar-refractivity contribution in [3.63, 3.8) is 0 Å². The van der Waals surface area contributed by atoms with Crippen LogP contribution in [-0.4, -0.2) is 38.5 Å². The maximum atomic E-state index is 9.94. The van der Waals surface area contributed by atoms with Gasteiger partial charge in [0.2, 0.25) is 0 Å². The van der Waals surface area contributed by atoms with Crippen molar-refractivity contribution in [3.05, 3.63) is 59.5 Å². The number of aliphatic hydroxyl groups is 1. The van der Waals surface area contributed by atoms with E-state index >= 15 is 0 Å². The number of aliphatic hydroxyl groups excluding tert-OH is 1. The highest BCUT2D eigenvalue weighted by atomic mass is 16.5. The Bertz CT molecular complexity index is 961. The lowest BCUT2D eigenvalue weighted by Gasteiger charge is -2.37. The van der Waals surface area contributed by atoms with Gasteiger partial charge in [0.15, 0.2) is 5.65 Å². The minimum atomic E-state index is -0.536. The molecule has 2 N–H and O–H groups in total. The summed E-state index contributed by atoms with van der Waals surface area (Å²) in [4.78, 5) is 4.30. The molecule has 0 saturated heterocycles. The van der Waals surface area contributed by atoms with E-state index in [-0.39, 0.29) is 6.61 Å². The van der Waals surface area contributed by atoms with Crippen molar-refractivity contribution in [3.8, 4) is 11.8 Å². The van der Waals surface area contributed by atoms with Crippen LogP contribution in [0.15, 0.2) is 42.9 Å². The second-order valence-corrected chi connectivity index (χ2v) is 6.27. The van der Waals surface area contributed by atoms with E-state index in [1.54, 1.807) is 10.7 Å². The first-order valence-electron chi connectivity index (χ1n) is 8.02. The van der Waals surface area contributed by atoms with Crippen LogP contribution in [0, 0.1) is 11.3 Å². The number of benzene rings is 1. The number of nitriles is 1. The van der Waals surface area contributed by atoms with Crippen LogP contribution in [0.1, 0.15) is 16.7 Å². The van der Waals surface area contributed by atoms with Gasteiger partial charge in [-0.15, -0.1) is 0 Å². The molecule has 1 aliphatic heterocycles. The SMILES string of the molecule is N#Cc1cnn2cc(CNC3(CO)COc4ccccc4C3)cnc12. The highest BCUT2D eigenvalue weighted by molar-refractivity contribution is 5.53. The molecule has 0 radical (unpaired) electrons. The molecule has 1 aromatic carbocycles. The first-order chi connectivity index (χ1) is 12.2. The lowest BCUT2D eigenvalue weighted by Crippen LogP contribution is -2.56. The Morgan fingerprint density at radius 3 is 3.08 bits per heavy atom. The quantitative estimate of drug-likeness (QED) is 0.740. The summed E-state index contributed by atoms with van der Waals surface area (Å²) in [6.45, 7) is 0.880. The van der Waals surface area contributed by atoms with E-state index in [1.807, 2.05) is 30.5 Å². The highest BCUT2D eigenvalue weighted by Gasteiger charge is 2.35. The van der Waals surface area contributed by atoms with Gasteiger partial charge in [-0.2, -0.15) is 10.4 Å². The summed E-state index contributed by atoms with van der Waals surface area (Å²) >= 11 is 0. The number of hydrogen-bond donors (Lipinski definition) is 2. The van der Waals surface area contributed by atoms with Crippen LogP contribution in [0.2, 0.25) is 0 Å². The lowest BCUT2D eigenvalue weighted by molar-refractivity contribution is 0.0860. The topological polar surface area (TPSA) is 95.5 Å². The Morgan fingerprint density at radius 2 is 2.24 bits per heavy atom. The van der Waals surface area contributed by atoms with Gasteiger partial charge in [-0.3, -0.25) is 0 Å². The van der Waals surface area contributed by atoms with Gasteiger partial charge < -0.3 is 15.2 Å². The molecule has 7 heteroatoms. The maximum Gasteiger partial charge on any atom is 0.172 e. The summed E-state index contributed by atoms with van der Waals surface area (Å²) in [6.07, 6.45) is 5.74. The van der Waals surface area contributed by atoms with Crippen LogP contribution >= 0.6 is 0 Å². The predicted molar refractivity (Wildman–Crippen MR) is 90.0 cm³/mol. The van der Waals surface area contributed by atoms with Gasteiger partial charge in [0, 0.05) is 24.5 Å². The average Bonchev–Trinajstić information content (AvgIpc) is 3.08. The summed E-state index contributed by atoms with van der Waals surface area (Å²) in [5.74, 6) is 0.872. The first-order valence-corrected chi connectivity index (χ1v) is 8.02. The van der Waals surface area contributed by atoms with E-state index in [0.717, 1.165) is 16.9 Å². The van der Waals surface area contributed by atoms with Gasteiger partial charge in [0.1, 0.15) is 24.0 Å². The smallest absolute Gasteiger partial charge is 0.172 e. The monoisotopic (exact) mass is 335 g/mol. The molecule has 0 saturated carbocycles. The molecular weight excluding hydrogens is 318 g/mol. The Hall–Kier alpha value is -2.95. The molecule has 0 bridgehead atoms. The summed E-state index contributed by atoms with van der Waals surface area (Å²) in [5, 5.41) is 26.5. The molecule has 2 aromatic heterocycles. The number of nitrogens with one attached hydrogen (secondary N) is 1. The second kappa shape index (κ2) is 6.16. The standard InChI is InChI=1S/C18H17N5O2/c19-6-15-9-22-23-10-13(7-20-17(15)23)8-21-18(11-24)5-14-3-1-2-4-16(14)25-12-18/h1-4,7,9-10,21,24H,5,8,11-12H2. The molecule has 0 amide bonds. The molecule has 1 unspecified atom stereocenters. The number of aromatic nitrogens is 3. The van der Waals surface area contributed by atoms with Crippen molar-refractivity contribution >= 4 is 5.65 Å². The number of nitrogens with zero attached hydrogens (tertiary/aromatic N) is 4. The van der Waals surface area contributed by atoms with Crippen LogP contribution in [0.4, 0.5) is 0 Å². The fraction of sp³-hybridized carbons (Fsp3) is 0.278. The van der Waals surface area contributed by atoms with Crippen molar-refractivity contribution < 1.29 is 9.84 Å². The Morgan fingerprint density at radius 1 is 1.36 bits per heavy atom. The van der Waals surface area contributed by atoms with E-state index in [2.05, 4.69) is 21.5 Å². The highest BCUT2D eigenvalue weighted by Crippen LogP contribution is 2.29. The summed E-state index contributed by atoms with van der Waals surface area (Å²) < 4.78 is 7.41. The van der Waals surface area contributed by atoms with Gasteiger partial charge >= 0.3 is 0 Å². The van der Waals surface area contributed by atoms with Crippen molar-refractivity contribution in [1.82, 2.24) is 19.9 Å². The fourth-order valence-corrected chi connectivity index (χ4v) is 3.07. The van der Waals surface area contributed by atoms with Gasteiger partial charge in [-0.1, -0.05) is 18.2 Å². The van der Waals surface area contributed by atoms with Crippen molar-refractivity contribution in [2.45, 2.75) is 18.5 Å². The van der Waals surface area contributed by atoms with Gasteiger partial charge in [0.25, 0.3) is 0 Å². The molecular formula is C18H17N5O2. The van der Waals surface area contributed by atoms with Crippen LogP contribution in [0.3, 0.4) is 0 Å². The number of para-hydroxylation sites is 1. The zero-order valence-corrected chi connectivity index (χ0v) is 13.5. The largest absolute Gasteiger partial charge is 0.491 e. The van der Waals surface area contributed by atoms with E-state index in [9.17, 15) is 5.11 Å². The lowest BCUT2D eigenvalue weighted by atomic mass is 9.89. The normalized spacial score (nSPS) is 19.2. The molecule has 25 heavy (non-hydrogen) atoms. The fourth-order valence-electron chi connectivity index (χ4n) is 3.07. The molecule has 4 rings (SSSR count). The van der Waals surface area contributed by atoms with Crippen molar-refractivity contribution in [1.29, 1.82) is 5.26 Å². The maximum absolute atomic E-state index is 9.94. The first kappa shape index (κ1) is 15.6. The molecule has 1 atom stereocenters. The average molecular weight is 335 g/mol. The minimum absolute atomic E-state index is 0.0304. The third-order valence-electron chi connectivity index (χ3n) is 4.51. The second-order valence-electron chi connectivity index (χ2n) is 6.27. The summed E-state index contributed by atoms with van der Waals surface area (Å²) in [7, 11) is 0. The van der Waals surface area contributed by atoms with E-state index in [0.29, 0.717) is 30.8 Å². The van der Waals surface area contributed by atoms with Gasteiger partial charge in [0.05, 0.1) is 18.3 Å². The van der Waals surface area contributed by atoms with Crippen molar-refractivity contribution in [2.75, 3.05) is 13.2 Å². The van der Waals surface area contributed by atoms with E-state index < -0.39 is 5.54 Å². The third-order valence-corrected chi connectivity index (χ3v) is 4.51. The third kappa shape index (κ3) is 2.82. The van der Waals surface area contributed by atoms with Gasteiger partial charge in [-0.05, 0) is 18.1 Å². The molecule has 126 valence electrons. The molecule has 0 spiro atoms. The molecule has 0 aliphatic carbocycles. The van der Waals surface area contributed by atoms with Crippen LogP contribution in [-0.2, 0) is 13.0 Å². The molecule has 1 aliphatic rings. The minimum Gasteiger partial charge on any atom is -0.491 e. The molecule has 3 aromatic rings. The van der Waals surface area contributed by atoms with E-state index in [1.165, 1.54) is 6.20 Å². The number of fused-ring (bicyclic) bond motifs is 2. The van der Waals surface area contributed by atoms with Crippen molar-refractivity contribution in [2.24, 2.45) is 0 Å². The Labute approximate surface area is 144 Å². The Kier molecular flexibility index (Phi) is 3.84. The van der Waals surface area contributed by atoms with E-state index in [4.69, 9.17) is 10.00 Å². The summed E-state index contributed by atoms with van der Waals surface area (Å²) in [6, 6.07) is 9.94. The number of rotatable bonds is 4. The zero-order chi connectivity index (χ0) is 17.3. The zero-order valence-electron chi connectivity index (χ0n) is 13.5. The van der Waals surface area contributed by atoms with Gasteiger partial charge in [-0.25, -0.2) is 9.50 Å². The molecule has 7 nitrogen and oxygen atoms in total. The van der Waals surface area contributed by atoms with Crippen LogP contribution < -0.4 is 10.1 Å². The van der Waals surface area contributed by atoms with Crippen LogP contribution in [0.5, 0.6) is 5.75 Å². The predicted octanol–water partition coefficient (Wildman–Crippen LogP) is 1.06.